The zero-order valence-electron chi connectivity index (χ0n) is 11.3. The summed E-state index contributed by atoms with van der Waals surface area (Å²) in [5, 5.41) is 3.54. The zero-order valence-corrected chi connectivity index (χ0v) is 12.0. The molecule has 0 bridgehead atoms. The Labute approximate surface area is 119 Å². The van der Waals surface area contributed by atoms with E-state index in [1.807, 2.05) is 19.1 Å². The molecular formula is C15H21ClN2O. The summed E-state index contributed by atoms with van der Waals surface area (Å²) in [5.41, 5.74) is 7.70. The van der Waals surface area contributed by atoms with Crippen LogP contribution in [0.3, 0.4) is 0 Å². The monoisotopic (exact) mass is 280 g/mol. The van der Waals surface area contributed by atoms with Gasteiger partial charge in [-0.05, 0) is 37.5 Å². The van der Waals surface area contributed by atoms with Crippen LogP contribution in [0.4, 0.5) is 0 Å². The van der Waals surface area contributed by atoms with E-state index in [4.69, 9.17) is 17.3 Å². The highest BCUT2D eigenvalue weighted by molar-refractivity contribution is 6.33. The smallest absolute Gasteiger partial charge is 0.253 e. The fourth-order valence-electron chi connectivity index (χ4n) is 2.57. The van der Waals surface area contributed by atoms with E-state index in [9.17, 15) is 4.79 Å². The first-order valence-corrected chi connectivity index (χ1v) is 7.28. The van der Waals surface area contributed by atoms with Crippen LogP contribution in [0.25, 0.3) is 0 Å². The van der Waals surface area contributed by atoms with Gasteiger partial charge in [-0.2, -0.15) is 0 Å². The Morgan fingerprint density at radius 1 is 1.32 bits per heavy atom. The molecule has 1 amide bonds. The van der Waals surface area contributed by atoms with Crippen LogP contribution < -0.4 is 11.1 Å². The van der Waals surface area contributed by atoms with Gasteiger partial charge in [-0.15, -0.1) is 0 Å². The molecule has 3 nitrogen and oxygen atoms in total. The van der Waals surface area contributed by atoms with E-state index in [-0.39, 0.29) is 18.0 Å². The van der Waals surface area contributed by atoms with Crippen LogP contribution in [-0.4, -0.2) is 18.0 Å². The van der Waals surface area contributed by atoms with Crippen LogP contribution in [0, 0.1) is 6.92 Å². The lowest BCUT2D eigenvalue weighted by Gasteiger charge is -2.23. The molecule has 0 radical (unpaired) electrons. The quantitative estimate of drug-likeness (QED) is 0.818. The Hall–Kier alpha value is -1.06. The van der Waals surface area contributed by atoms with Crippen molar-refractivity contribution < 1.29 is 4.79 Å². The standard InChI is InChI=1S/C15H21ClN2O/c1-10-7-8-11(12(16)9-10)15(19)18-14-6-4-2-3-5-13(14)17/h7-9,13-14H,2-6,17H2,1H3,(H,18,19). The number of carbonyl (C=O) groups is 1. The molecule has 2 unspecified atom stereocenters. The number of aryl methyl sites for hydroxylation is 1. The molecule has 4 heteroatoms. The Morgan fingerprint density at radius 2 is 2.05 bits per heavy atom. The predicted molar refractivity (Wildman–Crippen MR) is 78.5 cm³/mol. The molecule has 1 aromatic rings. The van der Waals surface area contributed by atoms with E-state index in [0.29, 0.717) is 10.6 Å². The van der Waals surface area contributed by atoms with Crippen molar-refractivity contribution in [2.75, 3.05) is 0 Å². The molecule has 1 aromatic carbocycles. The van der Waals surface area contributed by atoms with Crippen LogP contribution in [0.15, 0.2) is 18.2 Å². The topological polar surface area (TPSA) is 55.1 Å². The van der Waals surface area contributed by atoms with Crippen LogP contribution in [-0.2, 0) is 0 Å². The second kappa shape index (κ2) is 6.40. The number of benzene rings is 1. The van der Waals surface area contributed by atoms with E-state index in [2.05, 4.69) is 5.32 Å². The number of amides is 1. The fraction of sp³-hybridized carbons (Fsp3) is 0.533. The van der Waals surface area contributed by atoms with Gasteiger partial charge < -0.3 is 11.1 Å². The van der Waals surface area contributed by atoms with Crippen molar-refractivity contribution in [1.29, 1.82) is 0 Å². The maximum Gasteiger partial charge on any atom is 0.253 e. The van der Waals surface area contributed by atoms with Gasteiger partial charge >= 0.3 is 0 Å². The summed E-state index contributed by atoms with van der Waals surface area (Å²) < 4.78 is 0. The molecule has 1 aliphatic carbocycles. The van der Waals surface area contributed by atoms with Gasteiger partial charge in [-0.1, -0.05) is 36.9 Å². The lowest BCUT2D eigenvalue weighted by atomic mass is 10.0. The lowest BCUT2D eigenvalue weighted by molar-refractivity contribution is 0.0929. The minimum Gasteiger partial charge on any atom is -0.348 e. The summed E-state index contributed by atoms with van der Waals surface area (Å²) in [7, 11) is 0. The van der Waals surface area contributed by atoms with Crippen molar-refractivity contribution in [3.05, 3.63) is 34.3 Å². The molecule has 3 N–H and O–H groups in total. The van der Waals surface area contributed by atoms with Gasteiger partial charge in [0.15, 0.2) is 0 Å². The molecule has 1 aliphatic rings. The average Bonchev–Trinajstić information content (AvgIpc) is 2.55. The highest BCUT2D eigenvalue weighted by atomic mass is 35.5. The zero-order chi connectivity index (χ0) is 13.8. The SMILES string of the molecule is Cc1ccc(C(=O)NC2CCCCCC2N)c(Cl)c1. The summed E-state index contributed by atoms with van der Waals surface area (Å²) in [6.45, 7) is 1.95. The van der Waals surface area contributed by atoms with Crippen molar-refractivity contribution in [3.8, 4) is 0 Å². The van der Waals surface area contributed by atoms with Gasteiger partial charge in [0.2, 0.25) is 0 Å². The summed E-state index contributed by atoms with van der Waals surface area (Å²) in [6.07, 6.45) is 5.41. The molecule has 0 aliphatic heterocycles. The first kappa shape index (κ1) is 14.4. The summed E-state index contributed by atoms with van der Waals surface area (Å²) >= 11 is 6.12. The number of carbonyl (C=O) groups excluding carboxylic acids is 1. The molecule has 0 heterocycles. The third kappa shape index (κ3) is 3.71. The van der Waals surface area contributed by atoms with Crippen molar-refractivity contribution in [1.82, 2.24) is 5.32 Å². The third-order valence-corrected chi connectivity index (χ3v) is 4.07. The number of hydrogen-bond donors (Lipinski definition) is 2. The maximum atomic E-state index is 12.3. The minimum absolute atomic E-state index is 0.0515. The van der Waals surface area contributed by atoms with Gasteiger partial charge in [-0.3, -0.25) is 4.79 Å². The average molecular weight is 281 g/mol. The van der Waals surface area contributed by atoms with E-state index >= 15 is 0 Å². The molecule has 0 saturated heterocycles. The van der Waals surface area contributed by atoms with Gasteiger partial charge in [0.1, 0.15) is 0 Å². The first-order chi connectivity index (χ1) is 9.08. The van der Waals surface area contributed by atoms with Crippen LogP contribution in [0.1, 0.15) is 48.0 Å². The molecule has 1 saturated carbocycles. The van der Waals surface area contributed by atoms with E-state index in [1.165, 1.54) is 6.42 Å². The third-order valence-electron chi connectivity index (χ3n) is 3.76. The molecule has 0 spiro atoms. The predicted octanol–water partition coefficient (Wildman–Crippen LogP) is 3.04. The number of rotatable bonds is 2. The largest absolute Gasteiger partial charge is 0.348 e. The second-order valence-electron chi connectivity index (χ2n) is 5.37. The van der Waals surface area contributed by atoms with E-state index in [0.717, 1.165) is 31.2 Å². The Bertz CT molecular complexity index is 461. The maximum absolute atomic E-state index is 12.3. The van der Waals surface area contributed by atoms with Crippen molar-refractivity contribution in [2.45, 2.75) is 51.1 Å². The highest BCUT2D eigenvalue weighted by Crippen LogP contribution is 2.20. The van der Waals surface area contributed by atoms with E-state index in [1.54, 1.807) is 6.07 Å². The molecule has 0 aromatic heterocycles. The number of nitrogens with two attached hydrogens (primary N) is 1. The van der Waals surface area contributed by atoms with Crippen LogP contribution >= 0.6 is 11.6 Å². The Morgan fingerprint density at radius 3 is 2.79 bits per heavy atom. The number of hydrogen-bond acceptors (Lipinski definition) is 2. The van der Waals surface area contributed by atoms with E-state index < -0.39 is 0 Å². The molecule has 2 rings (SSSR count). The fourth-order valence-corrected chi connectivity index (χ4v) is 2.89. The Kier molecular flexibility index (Phi) is 4.83. The minimum atomic E-state index is -0.118. The second-order valence-corrected chi connectivity index (χ2v) is 5.77. The van der Waals surface area contributed by atoms with Gasteiger partial charge in [-0.25, -0.2) is 0 Å². The van der Waals surface area contributed by atoms with Crippen molar-refractivity contribution in [3.63, 3.8) is 0 Å². The lowest BCUT2D eigenvalue weighted by Crippen LogP contribution is -2.47. The van der Waals surface area contributed by atoms with Gasteiger partial charge in [0.25, 0.3) is 5.91 Å². The van der Waals surface area contributed by atoms with Crippen molar-refractivity contribution in [2.24, 2.45) is 5.73 Å². The summed E-state index contributed by atoms with van der Waals surface area (Å²) in [6, 6.07) is 5.59. The van der Waals surface area contributed by atoms with Gasteiger partial charge in [0, 0.05) is 12.1 Å². The van der Waals surface area contributed by atoms with Crippen molar-refractivity contribution >= 4 is 17.5 Å². The number of halogens is 1. The molecule has 19 heavy (non-hydrogen) atoms. The van der Waals surface area contributed by atoms with Crippen LogP contribution in [0.5, 0.6) is 0 Å². The molecule has 1 fully saturated rings. The first-order valence-electron chi connectivity index (χ1n) is 6.90. The highest BCUT2D eigenvalue weighted by Gasteiger charge is 2.23. The molecule has 2 atom stereocenters. The normalized spacial score (nSPS) is 23.7. The molecule has 104 valence electrons. The van der Waals surface area contributed by atoms with Gasteiger partial charge in [0.05, 0.1) is 10.6 Å². The molecular weight excluding hydrogens is 260 g/mol. The summed E-state index contributed by atoms with van der Waals surface area (Å²) in [4.78, 5) is 12.3. The summed E-state index contributed by atoms with van der Waals surface area (Å²) in [5.74, 6) is -0.118. The number of nitrogens with one attached hydrogen (secondary N) is 1. The Balaban J connectivity index is 2.07. The van der Waals surface area contributed by atoms with Crippen LogP contribution in [0.2, 0.25) is 5.02 Å².